The number of amides is 1. The first-order chi connectivity index (χ1) is 10.6. The van der Waals surface area contributed by atoms with E-state index >= 15 is 0 Å². The van der Waals surface area contributed by atoms with Gasteiger partial charge in [-0.15, -0.1) is 10.2 Å². The number of primary amides is 1. The summed E-state index contributed by atoms with van der Waals surface area (Å²) < 4.78 is 7.11. The summed E-state index contributed by atoms with van der Waals surface area (Å²) in [6.45, 7) is 1.17. The summed E-state index contributed by atoms with van der Waals surface area (Å²) in [7, 11) is 1.65. The fourth-order valence-electron chi connectivity index (χ4n) is 1.84. The number of benzene rings is 1. The molecule has 0 aliphatic carbocycles. The number of nitrogens with zero attached hydrogens (tertiary/aromatic N) is 3. The molecule has 1 amide bonds. The molecule has 0 saturated carbocycles. The Balaban J connectivity index is 2.23. The minimum Gasteiger partial charge on any atom is -0.383 e. The highest BCUT2D eigenvalue weighted by molar-refractivity contribution is 7.99. The molecule has 0 aliphatic heterocycles. The van der Waals surface area contributed by atoms with Crippen molar-refractivity contribution in [1.82, 2.24) is 14.8 Å². The zero-order chi connectivity index (χ0) is 15.9. The van der Waals surface area contributed by atoms with Crippen LogP contribution >= 0.6 is 23.4 Å². The summed E-state index contributed by atoms with van der Waals surface area (Å²) in [6, 6.07) is 7.42. The van der Waals surface area contributed by atoms with Gasteiger partial charge in [0.25, 0.3) is 0 Å². The highest BCUT2D eigenvalue weighted by Gasteiger charge is 2.14. The number of methoxy groups -OCH3 is 1. The van der Waals surface area contributed by atoms with Gasteiger partial charge >= 0.3 is 0 Å². The predicted molar refractivity (Wildman–Crippen MR) is 86.9 cm³/mol. The van der Waals surface area contributed by atoms with Crippen LogP contribution in [0.2, 0.25) is 5.02 Å². The van der Waals surface area contributed by atoms with Crippen LogP contribution in [0.15, 0.2) is 29.4 Å². The molecular formula is C14H17ClN4O2S. The molecule has 0 aliphatic rings. The first kappa shape index (κ1) is 16.8. The van der Waals surface area contributed by atoms with Gasteiger partial charge in [-0.05, 0) is 24.3 Å². The Hall–Kier alpha value is -1.57. The van der Waals surface area contributed by atoms with Crippen LogP contribution in [0, 0.1) is 0 Å². The van der Waals surface area contributed by atoms with E-state index in [1.807, 2.05) is 28.8 Å². The average Bonchev–Trinajstić information content (AvgIpc) is 2.88. The third kappa shape index (κ3) is 4.46. The predicted octanol–water partition coefficient (Wildman–Crippen LogP) is 2.21. The lowest BCUT2D eigenvalue weighted by molar-refractivity contribution is -0.117. The Morgan fingerprint density at radius 3 is 2.73 bits per heavy atom. The first-order valence-corrected chi connectivity index (χ1v) is 8.07. The zero-order valence-electron chi connectivity index (χ0n) is 12.2. The molecular weight excluding hydrogens is 324 g/mol. The van der Waals surface area contributed by atoms with Crippen LogP contribution in [-0.2, 0) is 16.1 Å². The van der Waals surface area contributed by atoms with Crippen molar-refractivity contribution in [1.29, 1.82) is 0 Å². The lowest BCUT2D eigenvalue weighted by Crippen LogP contribution is -2.12. The van der Waals surface area contributed by atoms with Gasteiger partial charge in [-0.2, -0.15) is 0 Å². The molecule has 8 heteroatoms. The maximum Gasteiger partial charge on any atom is 0.218 e. The van der Waals surface area contributed by atoms with Crippen LogP contribution in [0.5, 0.6) is 0 Å². The maximum atomic E-state index is 10.8. The van der Waals surface area contributed by atoms with E-state index in [2.05, 4.69) is 10.2 Å². The molecule has 0 saturated heterocycles. The lowest BCUT2D eigenvalue weighted by Gasteiger charge is -2.09. The average molecular weight is 341 g/mol. The Bertz CT molecular complexity index is 630. The molecule has 22 heavy (non-hydrogen) atoms. The monoisotopic (exact) mass is 340 g/mol. The van der Waals surface area contributed by atoms with Gasteiger partial charge in [-0.3, -0.25) is 9.36 Å². The lowest BCUT2D eigenvalue weighted by atomic mass is 10.2. The van der Waals surface area contributed by atoms with Gasteiger partial charge < -0.3 is 10.5 Å². The van der Waals surface area contributed by atoms with Crippen molar-refractivity contribution in [2.45, 2.75) is 18.1 Å². The van der Waals surface area contributed by atoms with E-state index in [1.54, 1.807) is 7.11 Å². The third-order valence-corrected chi connectivity index (χ3v) is 4.14. The Morgan fingerprint density at radius 2 is 2.09 bits per heavy atom. The Morgan fingerprint density at radius 1 is 1.36 bits per heavy atom. The van der Waals surface area contributed by atoms with E-state index in [-0.39, 0.29) is 5.91 Å². The molecule has 2 aromatic rings. The molecule has 2 N–H and O–H groups in total. The van der Waals surface area contributed by atoms with Gasteiger partial charge in [0.2, 0.25) is 5.91 Å². The van der Waals surface area contributed by atoms with E-state index in [4.69, 9.17) is 22.1 Å². The van der Waals surface area contributed by atoms with E-state index in [0.29, 0.717) is 30.3 Å². The van der Waals surface area contributed by atoms with Gasteiger partial charge in [-0.25, -0.2) is 0 Å². The number of halogens is 1. The summed E-state index contributed by atoms with van der Waals surface area (Å²) >= 11 is 7.37. The maximum absolute atomic E-state index is 10.8. The van der Waals surface area contributed by atoms with E-state index in [1.165, 1.54) is 11.8 Å². The van der Waals surface area contributed by atoms with Gasteiger partial charge in [0.05, 0.1) is 13.2 Å². The normalized spacial score (nSPS) is 10.8. The smallest absolute Gasteiger partial charge is 0.218 e. The molecule has 0 unspecified atom stereocenters. The van der Waals surface area contributed by atoms with Crippen LogP contribution in [0.25, 0.3) is 11.4 Å². The van der Waals surface area contributed by atoms with Crippen LogP contribution in [0.1, 0.15) is 6.42 Å². The molecule has 6 nitrogen and oxygen atoms in total. The minimum absolute atomic E-state index is 0.304. The van der Waals surface area contributed by atoms with E-state index in [9.17, 15) is 4.79 Å². The molecule has 0 bridgehead atoms. The molecule has 1 heterocycles. The van der Waals surface area contributed by atoms with Crippen molar-refractivity contribution in [2.24, 2.45) is 5.73 Å². The number of aromatic nitrogens is 3. The van der Waals surface area contributed by atoms with Crippen molar-refractivity contribution in [3.63, 3.8) is 0 Å². The number of rotatable bonds is 8. The highest BCUT2D eigenvalue weighted by Crippen LogP contribution is 2.25. The fraction of sp³-hybridized carbons (Fsp3) is 0.357. The number of carbonyl (C=O) groups excluding carboxylic acids is 1. The minimum atomic E-state index is -0.326. The molecule has 0 fully saturated rings. The Labute approximate surface area is 138 Å². The van der Waals surface area contributed by atoms with E-state index < -0.39 is 0 Å². The standard InChI is InChI=1S/C14H17ClN4O2S/c1-21-8-7-19-13(10-2-4-11(15)5-3-10)17-18-14(19)22-9-6-12(16)20/h2-5H,6-9H2,1H3,(H2,16,20). The van der Waals surface area contributed by atoms with E-state index in [0.717, 1.165) is 16.5 Å². The van der Waals surface area contributed by atoms with Gasteiger partial charge in [0.15, 0.2) is 11.0 Å². The van der Waals surface area contributed by atoms with Gasteiger partial charge in [0.1, 0.15) is 0 Å². The van der Waals surface area contributed by atoms with Crippen molar-refractivity contribution >= 4 is 29.3 Å². The second-order valence-electron chi connectivity index (χ2n) is 4.52. The number of hydrogen-bond acceptors (Lipinski definition) is 5. The molecule has 118 valence electrons. The van der Waals surface area contributed by atoms with Crippen molar-refractivity contribution in [3.05, 3.63) is 29.3 Å². The van der Waals surface area contributed by atoms with Crippen molar-refractivity contribution in [3.8, 4) is 11.4 Å². The summed E-state index contributed by atoms with van der Waals surface area (Å²) in [5.41, 5.74) is 6.08. The molecule has 2 rings (SSSR count). The molecule has 0 radical (unpaired) electrons. The molecule has 0 spiro atoms. The zero-order valence-corrected chi connectivity index (χ0v) is 13.7. The second-order valence-corrected chi connectivity index (χ2v) is 6.02. The second kappa shape index (κ2) is 8.17. The molecule has 1 aromatic heterocycles. The summed E-state index contributed by atoms with van der Waals surface area (Å²) in [6.07, 6.45) is 0.304. The fourth-order valence-corrected chi connectivity index (χ4v) is 2.88. The number of thioether (sulfide) groups is 1. The number of hydrogen-bond donors (Lipinski definition) is 1. The number of carbonyl (C=O) groups is 1. The quantitative estimate of drug-likeness (QED) is 0.745. The van der Waals surface area contributed by atoms with Gasteiger partial charge in [-0.1, -0.05) is 23.4 Å². The van der Waals surface area contributed by atoms with Crippen LogP contribution in [-0.4, -0.2) is 40.1 Å². The number of ether oxygens (including phenoxy) is 1. The number of nitrogens with two attached hydrogens (primary N) is 1. The topological polar surface area (TPSA) is 83.0 Å². The van der Waals surface area contributed by atoms with Crippen LogP contribution < -0.4 is 5.73 Å². The summed E-state index contributed by atoms with van der Waals surface area (Å²) in [4.78, 5) is 10.8. The van der Waals surface area contributed by atoms with Crippen LogP contribution in [0.3, 0.4) is 0 Å². The largest absolute Gasteiger partial charge is 0.383 e. The van der Waals surface area contributed by atoms with Gasteiger partial charge in [0, 0.05) is 29.9 Å². The molecule has 1 aromatic carbocycles. The molecule has 0 atom stereocenters. The summed E-state index contributed by atoms with van der Waals surface area (Å²) in [5, 5.41) is 9.85. The third-order valence-electron chi connectivity index (χ3n) is 2.92. The summed E-state index contributed by atoms with van der Waals surface area (Å²) in [5.74, 6) is 0.991. The van der Waals surface area contributed by atoms with Crippen molar-refractivity contribution < 1.29 is 9.53 Å². The Kier molecular flexibility index (Phi) is 6.23. The van der Waals surface area contributed by atoms with Crippen molar-refractivity contribution in [2.75, 3.05) is 19.5 Å². The SMILES string of the molecule is COCCn1c(SCCC(N)=O)nnc1-c1ccc(Cl)cc1. The first-order valence-electron chi connectivity index (χ1n) is 6.71. The van der Waals surface area contributed by atoms with Crippen LogP contribution in [0.4, 0.5) is 0 Å². The highest BCUT2D eigenvalue weighted by atomic mass is 35.5.